The normalized spacial score (nSPS) is 11.2. The van der Waals surface area contributed by atoms with Crippen molar-refractivity contribution in [1.82, 2.24) is 9.62 Å². The number of amides is 1. The molecule has 0 saturated heterocycles. The summed E-state index contributed by atoms with van der Waals surface area (Å²) < 4.78 is 26.3. The topological polar surface area (TPSA) is 92.5 Å². The van der Waals surface area contributed by atoms with Gasteiger partial charge >= 0.3 is 0 Å². The van der Waals surface area contributed by atoms with Gasteiger partial charge in [-0.2, -0.15) is 4.31 Å². The number of carbonyl (C=O) groups is 1. The van der Waals surface area contributed by atoms with Crippen molar-refractivity contribution in [2.75, 3.05) is 27.2 Å². The molecule has 0 heterocycles. The minimum absolute atomic E-state index is 0. The van der Waals surface area contributed by atoms with E-state index in [-0.39, 0.29) is 22.9 Å². The van der Waals surface area contributed by atoms with E-state index >= 15 is 0 Å². The predicted molar refractivity (Wildman–Crippen MR) is 83.7 cm³/mol. The summed E-state index contributed by atoms with van der Waals surface area (Å²) in [6.45, 7) is 0.865. The molecule has 3 N–H and O–H groups in total. The van der Waals surface area contributed by atoms with Gasteiger partial charge in [-0.15, -0.1) is 12.4 Å². The van der Waals surface area contributed by atoms with Crippen LogP contribution in [0.3, 0.4) is 0 Å². The Morgan fingerprint density at radius 1 is 1.40 bits per heavy atom. The molecule has 9 heteroatoms. The van der Waals surface area contributed by atoms with Crippen LogP contribution in [0.2, 0.25) is 0 Å². The molecule has 0 bridgehead atoms. The lowest BCUT2D eigenvalue weighted by atomic mass is 10.2. The highest BCUT2D eigenvalue weighted by Crippen LogP contribution is 2.21. The summed E-state index contributed by atoms with van der Waals surface area (Å²) in [5, 5.41) is 2.87. The molecule has 0 aliphatic heterocycles. The third kappa shape index (κ3) is 4.71. The maximum Gasteiger partial charge on any atom is 0.248 e. The van der Waals surface area contributed by atoms with Crippen LogP contribution in [-0.4, -0.2) is 45.8 Å². The second-order valence-electron chi connectivity index (χ2n) is 3.97. The standard InChI is InChI=1S/C11H16BrN3O3S.ClH/c1-14-3-4-15(2)19(17,18)10-6-8(11(13)16)5-9(12)7-10;/h5-7,14H,3-4H2,1-2H3,(H2,13,16);1H. The van der Waals surface area contributed by atoms with Crippen LogP contribution in [0, 0.1) is 0 Å². The molecule has 1 aromatic carbocycles. The number of primary amides is 1. The van der Waals surface area contributed by atoms with E-state index in [1.807, 2.05) is 0 Å². The molecule has 0 radical (unpaired) electrons. The Kier molecular flexibility index (Phi) is 7.67. The molecule has 0 unspecified atom stereocenters. The maximum atomic E-state index is 12.3. The number of carbonyl (C=O) groups excluding carboxylic acids is 1. The Labute approximate surface area is 133 Å². The number of sulfonamides is 1. The average Bonchev–Trinajstić information content (AvgIpc) is 2.34. The van der Waals surface area contributed by atoms with E-state index in [1.54, 1.807) is 7.05 Å². The van der Waals surface area contributed by atoms with Crippen molar-refractivity contribution < 1.29 is 13.2 Å². The van der Waals surface area contributed by atoms with Gasteiger partial charge in [-0.25, -0.2) is 8.42 Å². The fourth-order valence-corrected chi connectivity index (χ4v) is 3.31. The molecule has 0 aliphatic rings. The van der Waals surface area contributed by atoms with E-state index in [9.17, 15) is 13.2 Å². The summed E-state index contributed by atoms with van der Waals surface area (Å²) in [5.41, 5.74) is 5.32. The summed E-state index contributed by atoms with van der Waals surface area (Å²) >= 11 is 3.17. The van der Waals surface area contributed by atoms with Crippen molar-refractivity contribution in [2.24, 2.45) is 5.73 Å². The monoisotopic (exact) mass is 385 g/mol. The molecule has 1 amide bonds. The first-order chi connectivity index (χ1) is 8.78. The number of hydrogen-bond acceptors (Lipinski definition) is 4. The summed E-state index contributed by atoms with van der Waals surface area (Å²) in [5.74, 6) is -0.671. The zero-order valence-electron chi connectivity index (χ0n) is 11.1. The van der Waals surface area contributed by atoms with Crippen molar-refractivity contribution in [2.45, 2.75) is 4.90 Å². The SMILES string of the molecule is CNCCN(C)S(=O)(=O)c1cc(Br)cc(C(N)=O)c1.Cl. The smallest absolute Gasteiger partial charge is 0.248 e. The van der Waals surface area contributed by atoms with Crippen LogP contribution in [0.4, 0.5) is 0 Å². The number of halogens is 2. The highest BCUT2D eigenvalue weighted by molar-refractivity contribution is 9.10. The Morgan fingerprint density at radius 2 is 2.00 bits per heavy atom. The van der Waals surface area contributed by atoms with Crippen molar-refractivity contribution >= 4 is 44.3 Å². The van der Waals surface area contributed by atoms with Gasteiger partial charge in [0, 0.05) is 30.2 Å². The summed E-state index contributed by atoms with van der Waals surface area (Å²) in [4.78, 5) is 11.2. The number of hydrogen-bond donors (Lipinski definition) is 2. The number of benzene rings is 1. The van der Waals surface area contributed by atoms with Crippen LogP contribution in [0.1, 0.15) is 10.4 Å². The van der Waals surface area contributed by atoms with Gasteiger partial charge < -0.3 is 11.1 Å². The number of nitrogens with zero attached hydrogens (tertiary/aromatic N) is 1. The largest absolute Gasteiger partial charge is 0.366 e. The van der Waals surface area contributed by atoms with Crippen LogP contribution in [0.15, 0.2) is 27.6 Å². The molecule has 0 aliphatic carbocycles. The average molecular weight is 387 g/mol. The Morgan fingerprint density at radius 3 is 2.50 bits per heavy atom. The van der Waals surface area contributed by atoms with Crippen LogP contribution in [0.25, 0.3) is 0 Å². The Hall–Kier alpha value is -0.670. The molecule has 0 saturated carbocycles. The summed E-state index contributed by atoms with van der Waals surface area (Å²) in [7, 11) is -0.410. The van der Waals surface area contributed by atoms with Crippen molar-refractivity contribution in [3.8, 4) is 0 Å². The van der Waals surface area contributed by atoms with E-state index in [0.717, 1.165) is 0 Å². The number of nitrogens with one attached hydrogen (secondary N) is 1. The van der Waals surface area contributed by atoms with Gasteiger partial charge in [-0.3, -0.25) is 4.79 Å². The van der Waals surface area contributed by atoms with Gasteiger partial charge in [0.1, 0.15) is 0 Å². The zero-order valence-corrected chi connectivity index (χ0v) is 14.3. The van der Waals surface area contributed by atoms with Gasteiger partial charge in [-0.05, 0) is 25.2 Å². The Bertz CT molecular complexity index is 580. The highest BCUT2D eigenvalue weighted by Gasteiger charge is 2.22. The van der Waals surface area contributed by atoms with Crippen molar-refractivity contribution in [1.29, 1.82) is 0 Å². The van der Waals surface area contributed by atoms with Crippen LogP contribution < -0.4 is 11.1 Å². The van der Waals surface area contributed by atoms with E-state index in [4.69, 9.17) is 5.73 Å². The van der Waals surface area contributed by atoms with Gasteiger partial charge in [-0.1, -0.05) is 15.9 Å². The van der Waals surface area contributed by atoms with Gasteiger partial charge in [0.05, 0.1) is 4.90 Å². The number of likely N-dealkylation sites (N-methyl/N-ethyl adjacent to an activating group) is 2. The summed E-state index contributed by atoms with van der Waals surface area (Å²) in [6.07, 6.45) is 0. The van der Waals surface area contributed by atoms with E-state index in [1.165, 1.54) is 29.6 Å². The lowest BCUT2D eigenvalue weighted by molar-refractivity contribution is 0.1000. The summed E-state index contributed by atoms with van der Waals surface area (Å²) in [6, 6.07) is 4.20. The lowest BCUT2D eigenvalue weighted by Gasteiger charge is -2.17. The minimum atomic E-state index is -3.63. The number of rotatable bonds is 6. The van der Waals surface area contributed by atoms with Crippen molar-refractivity contribution in [3.63, 3.8) is 0 Å². The third-order valence-electron chi connectivity index (χ3n) is 2.54. The number of nitrogens with two attached hydrogens (primary N) is 1. The molecule has 1 aromatic rings. The first-order valence-corrected chi connectivity index (χ1v) is 7.73. The molecular weight excluding hydrogens is 370 g/mol. The maximum absolute atomic E-state index is 12.3. The van der Waals surface area contributed by atoms with Crippen LogP contribution >= 0.6 is 28.3 Å². The molecule has 0 aromatic heterocycles. The molecule has 1 rings (SSSR count). The van der Waals surface area contributed by atoms with Crippen LogP contribution in [-0.2, 0) is 10.0 Å². The molecular formula is C11H17BrClN3O3S. The lowest BCUT2D eigenvalue weighted by Crippen LogP contribution is -2.33. The van der Waals surface area contributed by atoms with Gasteiger partial charge in [0.25, 0.3) is 0 Å². The molecule has 0 fully saturated rings. The zero-order chi connectivity index (χ0) is 14.6. The minimum Gasteiger partial charge on any atom is -0.366 e. The fourth-order valence-electron chi connectivity index (χ4n) is 1.42. The predicted octanol–water partition coefficient (Wildman–Crippen LogP) is 0.810. The molecule has 6 nitrogen and oxygen atoms in total. The molecule has 114 valence electrons. The first kappa shape index (κ1) is 19.3. The Balaban J connectivity index is 0.00000361. The van der Waals surface area contributed by atoms with Gasteiger partial charge in [0.15, 0.2) is 0 Å². The molecule has 0 spiro atoms. The quantitative estimate of drug-likeness (QED) is 0.757. The van der Waals surface area contributed by atoms with Gasteiger partial charge in [0.2, 0.25) is 15.9 Å². The van der Waals surface area contributed by atoms with E-state index < -0.39 is 15.9 Å². The highest BCUT2D eigenvalue weighted by atomic mass is 79.9. The van der Waals surface area contributed by atoms with Crippen molar-refractivity contribution in [3.05, 3.63) is 28.2 Å². The first-order valence-electron chi connectivity index (χ1n) is 5.50. The molecule has 0 atom stereocenters. The second kappa shape index (κ2) is 7.94. The fraction of sp³-hybridized carbons (Fsp3) is 0.364. The van der Waals surface area contributed by atoms with E-state index in [2.05, 4.69) is 21.2 Å². The van der Waals surface area contributed by atoms with E-state index in [0.29, 0.717) is 17.6 Å². The third-order valence-corrected chi connectivity index (χ3v) is 4.83. The van der Waals surface area contributed by atoms with Crippen LogP contribution in [0.5, 0.6) is 0 Å². The second-order valence-corrected chi connectivity index (χ2v) is 6.93. The molecule has 20 heavy (non-hydrogen) atoms.